The van der Waals surface area contributed by atoms with E-state index in [2.05, 4.69) is 12.6 Å². The second-order valence-electron chi connectivity index (χ2n) is 6.06. The van der Waals surface area contributed by atoms with Crippen LogP contribution in [-0.2, 0) is 22.7 Å². The van der Waals surface area contributed by atoms with Gasteiger partial charge < -0.3 is 9.30 Å². The molecule has 0 atom stereocenters. The molecule has 0 spiro atoms. The molecule has 2 aromatic heterocycles. The standard InChI is InChI=1S/C19H12N2O3/c1-10-13-7-16-17-12(6-11-4-2-3-5-15(11)20-17)8-21(16)18(22)14(13)9-24-19(10)23/h2-7H,1,8-9H2. The third-order valence-corrected chi connectivity index (χ3v) is 4.69. The van der Waals surface area contributed by atoms with Crippen molar-refractivity contribution in [3.8, 4) is 11.4 Å². The van der Waals surface area contributed by atoms with Crippen LogP contribution in [0.15, 0.2) is 47.8 Å². The number of pyridine rings is 2. The van der Waals surface area contributed by atoms with Gasteiger partial charge in [0, 0.05) is 16.5 Å². The number of rotatable bonds is 0. The molecule has 0 fully saturated rings. The van der Waals surface area contributed by atoms with Gasteiger partial charge in [-0.3, -0.25) is 4.79 Å². The van der Waals surface area contributed by atoms with Crippen molar-refractivity contribution in [1.82, 2.24) is 9.55 Å². The minimum atomic E-state index is -0.475. The number of carbonyl (C=O) groups is 1. The Labute approximate surface area is 136 Å². The lowest BCUT2D eigenvalue weighted by Gasteiger charge is -2.19. The van der Waals surface area contributed by atoms with E-state index in [9.17, 15) is 9.59 Å². The maximum absolute atomic E-state index is 12.8. The van der Waals surface area contributed by atoms with Crippen molar-refractivity contribution in [2.45, 2.75) is 13.2 Å². The Balaban J connectivity index is 1.82. The molecule has 1 aromatic carbocycles. The quantitative estimate of drug-likeness (QED) is 0.369. The Morgan fingerprint density at radius 1 is 1.17 bits per heavy atom. The molecule has 2 aliphatic rings. The van der Waals surface area contributed by atoms with E-state index in [1.165, 1.54) is 0 Å². The number of esters is 1. The van der Waals surface area contributed by atoms with Crippen LogP contribution in [0.3, 0.4) is 0 Å². The van der Waals surface area contributed by atoms with E-state index in [-0.39, 0.29) is 17.7 Å². The van der Waals surface area contributed by atoms with Crippen LogP contribution in [0.5, 0.6) is 0 Å². The zero-order valence-electron chi connectivity index (χ0n) is 12.7. The predicted octanol–water partition coefficient (Wildman–Crippen LogP) is 2.50. The SMILES string of the molecule is C=C1C(=O)OCc2c1cc1n(c2=O)Cc2cc3ccccc3nc2-1. The maximum Gasteiger partial charge on any atom is 0.338 e. The average Bonchev–Trinajstić information content (AvgIpc) is 2.95. The highest BCUT2D eigenvalue weighted by atomic mass is 16.5. The van der Waals surface area contributed by atoms with Crippen molar-refractivity contribution in [2.24, 2.45) is 0 Å². The molecular weight excluding hydrogens is 304 g/mol. The Hall–Kier alpha value is -3.21. The monoisotopic (exact) mass is 316 g/mol. The minimum Gasteiger partial charge on any atom is -0.457 e. The van der Waals surface area contributed by atoms with Gasteiger partial charge in [-0.25, -0.2) is 9.78 Å². The molecule has 5 heteroatoms. The van der Waals surface area contributed by atoms with Crippen LogP contribution < -0.4 is 5.56 Å². The van der Waals surface area contributed by atoms with Gasteiger partial charge in [0.2, 0.25) is 0 Å². The predicted molar refractivity (Wildman–Crippen MR) is 89.4 cm³/mol. The molecule has 5 rings (SSSR count). The lowest BCUT2D eigenvalue weighted by molar-refractivity contribution is -0.138. The molecular formula is C19H12N2O3. The van der Waals surface area contributed by atoms with E-state index < -0.39 is 5.97 Å². The summed E-state index contributed by atoms with van der Waals surface area (Å²) < 4.78 is 6.73. The first kappa shape index (κ1) is 13.2. The Bertz CT molecular complexity index is 1140. The molecule has 0 bridgehead atoms. The lowest BCUT2D eigenvalue weighted by atomic mass is 9.99. The Kier molecular flexibility index (Phi) is 2.44. The highest BCUT2D eigenvalue weighted by Gasteiger charge is 2.30. The van der Waals surface area contributed by atoms with Gasteiger partial charge in [0.1, 0.15) is 6.61 Å². The summed E-state index contributed by atoms with van der Waals surface area (Å²) in [6.07, 6.45) is 0. The molecule has 116 valence electrons. The molecule has 0 amide bonds. The number of nitrogens with zero attached hydrogens (tertiary/aromatic N) is 2. The second-order valence-corrected chi connectivity index (χ2v) is 6.06. The summed E-state index contributed by atoms with van der Waals surface area (Å²) >= 11 is 0. The van der Waals surface area contributed by atoms with Gasteiger partial charge in [0.15, 0.2) is 0 Å². The van der Waals surface area contributed by atoms with Crippen molar-refractivity contribution < 1.29 is 9.53 Å². The van der Waals surface area contributed by atoms with Gasteiger partial charge in [0.05, 0.1) is 34.6 Å². The molecule has 0 saturated carbocycles. The van der Waals surface area contributed by atoms with Crippen molar-refractivity contribution in [2.75, 3.05) is 0 Å². The molecule has 4 heterocycles. The highest BCUT2D eigenvalue weighted by Crippen LogP contribution is 2.34. The number of para-hydroxylation sites is 1. The fourth-order valence-electron chi connectivity index (χ4n) is 3.46. The molecule has 3 aromatic rings. The lowest BCUT2D eigenvalue weighted by Crippen LogP contribution is -2.29. The van der Waals surface area contributed by atoms with Crippen molar-refractivity contribution in [1.29, 1.82) is 0 Å². The molecule has 24 heavy (non-hydrogen) atoms. The second kappa shape index (κ2) is 4.41. The third-order valence-electron chi connectivity index (χ3n) is 4.69. The molecule has 0 saturated heterocycles. The first-order chi connectivity index (χ1) is 11.6. The number of hydrogen-bond donors (Lipinski definition) is 0. The Morgan fingerprint density at radius 3 is 2.88 bits per heavy atom. The summed E-state index contributed by atoms with van der Waals surface area (Å²) in [5, 5.41) is 1.05. The van der Waals surface area contributed by atoms with E-state index in [1.54, 1.807) is 4.57 Å². The average molecular weight is 316 g/mol. The fourth-order valence-corrected chi connectivity index (χ4v) is 3.46. The van der Waals surface area contributed by atoms with Gasteiger partial charge in [-0.1, -0.05) is 24.8 Å². The Morgan fingerprint density at radius 2 is 2.00 bits per heavy atom. The van der Waals surface area contributed by atoms with E-state index in [0.717, 1.165) is 27.9 Å². The highest BCUT2D eigenvalue weighted by molar-refractivity contribution is 6.17. The number of carbonyl (C=O) groups excluding carboxylic acids is 1. The van der Waals surface area contributed by atoms with E-state index in [0.29, 0.717) is 17.7 Å². The van der Waals surface area contributed by atoms with Crippen molar-refractivity contribution >= 4 is 22.4 Å². The molecule has 0 N–H and O–H groups in total. The molecule has 2 aliphatic heterocycles. The number of aromatic nitrogens is 2. The summed E-state index contributed by atoms with van der Waals surface area (Å²) in [6.45, 7) is 4.25. The number of hydrogen-bond acceptors (Lipinski definition) is 4. The van der Waals surface area contributed by atoms with Crippen LogP contribution in [-0.4, -0.2) is 15.5 Å². The summed E-state index contributed by atoms with van der Waals surface area (Å²) in [4.78, 5) is 29.3. The van der Waals surface area contributed by atoms with Crippen LogP contribution >= 0.6 is 0 Å². The number of cyclic esters (lactones) is 1. The largest absolute Gasteiger partial charge is 0.457 e. The number of fused-ring (bicyclic) bond motifs is 5. The zero-order chi connectivity index (χ0) is 16.4. The van der Waals surface area contributed by atoms with Gasteiger partial charge in [-0.05, 0) is 18.2 Å². The zero-order valence-corrected chi connectivity index (χ0v) is 12.7. The molecule has 0 unspecified atom stereocenters. The van der Waals surface area contributed by atoms with Gasteiger partial charge >= 0.3 is 5.97 Å². The van der Waals surface area contributed by atoms with Crippen LogP contribution in [0.4, 0.5) is 0 Å². The fraction of sp³-hybridized carbons (Fsp3) is 0.105. The topological polar surface area (TPSA) is 61.2 Å². The van der Waals surface area contributed by atoms with Crippen LogP contribution in [0.2, 0.25) is 0 Å². The van der Waals surface area contributed by atoms with Crippen LogP contribution in [0.1, 0.15) is 16.7 Å². The normalized spacial score (nSPS) is 15.0. The first-order valence-electron chi connectivity index (χ1n) is 7.65. The van der Waals surface area contributed by atoms with Crippen LogP contribution in [0.25, 0.3) is 27.9 Å². The van der Waals surface area contributed by atoms with E-state index in [1.807, 2.05) is 30.3 Å². The van der Waals surface area contributed by atoms with Crippen molar-refractivity contribution in [3.05, 3.63) is 70.0 Å². The van der Waals surface area contributed by atoms with Crippen LogP contribution in [0, 0.1) is 0 Å². The maximum atomic E-state index is 12.8. The van der Waals surface area contributed by atoms with Gasteiger partial charge in [0.25, 0.3) is 5.56 Å². The number of benzene rings is 1. The summed E-state index contributed by atoms with van der Waals surface area (Å²) in [5.74, 6) is -0.475. The molecule has 0 radical (unpaired) electrons. The summed E-state index contributed by atoms with van der Waals surface area (Å²) in [7, 11) is 0. The minimum absolute atomic E-state index is 0.00194. The van der Waals surface area contributed by atoms with Gasteiger partial charge in [-0.2, -0.15) is 0 Å². The van der Waals surface area contributed by atoms with Crippen molar-refractivity contribution in [3.63, 3.8) is 0 Å². The molecule has 5 nitrogen and oxygen atoms in total. The third kappa shape index (κ3) is 1.61. The molecule has 0 aliphatic carbocycles. The summed E-state index contributed by atoms with van der Waals surface area (Å²) in [5.41, 5.74) is 4.56. The smallest absolute Gasteiger partial charge is 0.338 e. The van der Waals surface area contributed by atoms with E-state index in [4.69, 9.17) is 9.72 Å². The number of ether oxygens (including phenoxy) is 1. The van der Waals surface area contributed by atoms with E-state index >= 15 is 0 Å². The summed E-state index contributed by atoms with van der Waals surface area (Å²) in [6, 6.07) is 11.8. The first-order valence-corrected chi connectivity index (χ1v) is 7.65. The van der Waals surface area contributed by atoms with Gasteiger partial charge in [-0.15, -0.1) is 0 Å².